The van der Waals surface area contributed by atoms with Crippen molar-refractivity contribution in [1.82, 2.24) is 0 Å². The van der Waals surface area contributed by atoms with E-state index in [4.69, 9.17) is 14.2 Å². The van der Waals surface area contributed by atoms with Crippen LogP contribution in [-0.2, 0) is 23.8 Å². The zero-order valence-corrected chi connectivity index (χ0v) is 14.7. The Morgan fingerprint density at radius 2 is 1.78 bits per heavy atom. The highest BCUT2D eigenvalue weighted by Gasteiger charge is 2.54. The number of rotatable bonds is 5. The van der Waals surface area contributed by atoms with Gasteiger partial charge in [0, 0.05) is 6.61 Å². The van der Waals surface area contributed by atoms with Gasteiger partial charge < -0.3 is 14.2 Å². The standard InChI is InChI=1S/C18H26O5/c1-6-23-10-13-7-11(2)14-8-18(16(19)21-4,17(20)22-5)9-15(14)12(13)3/h11H,6-10H2,1-5H3. The number of ether oxygens (including phenoxy) is 3. The van der Waals surface area contributed by atoms with E-state index in [0.29, 0.717) is 32.0 Å². The van der Waals surface area contributed by atoms with Gasteiger partial charge in [-0.2, -0.15) is 0 Å². The van der Waals surface area contributed by atoms with Crippen molar-refractivity contribution in [3.05, 3.63) is 22.3 Å². The van der Waals surface area contributed by atoms with E-state index in [1.807, 2.05) is 6.92 Å². The van der Waals surface area contributed by atoms with Crippen LogP contribution >= 0.6 is 0 Å². The Morgan fingerprint density at radius 1 is 1.17 bits per heavy atom. The lowest BCUT2D eigenvalue weighted by molar-refractivity contribution is -0.168. The van der Waals surface area contributed by atoms with Gasteiger partial charge in [-0.25, -0.2) is 0 Å². The molecule has 0 aromatic rings. The van der Waals surface area contributed by atoms with Crippen LogP contribution in [0.25, 0.3) is 0 Å². The van der Waals surface area contributed by atoms with Crippen molar-refractivity contribution >= 4 is 11.9 Å². The van der Waals surface area contributed by atoms with E-state index in [0.717, 1.165) is 17.6 Å². The highest BCUT2D eigenvalue weighted by atomic mass is 16.5. The van der Waals surface area contributed by atoms with Crippen LogP contribution in [0.5, 0.6) is 0 Å². The molecule has 0 spiro atoms. The van der Waals surface area contributed by atoms with Crippen LogP contribution in [-0.4, -0.2) is 39.4 Å². The minimum atomic E-state index is -1.23. The molecule has 0 radical (unpaired) electrons. The molecule has 2 aliphatic carbocycles. The van der Waals surface area contributed by atoms with Gasteiger partial charge in [0.25, 0.3) is 0 Å². The van der Waals surface area contributed by atoms with E-state index in [2.05, 4.69) is 13.8 Å². The van der Waals surface area contributed by atoms with Gasteiger partial charge in [-0.3, -0.25) is 9.59 Å². The monoisotopic (exact) mass is 322 g/mol. The Labute approximate surface area is 137 Å². The van der Waals surface area contributed by atoms with Crippen molar-refractivity contribution in [3.8, 4) is 0 Å². The fourth-order valence-electron chi connectivity index (χ4n) is 3.77. The van der Waals surface area contributed by atoms with Gasteiger partial charge in [0.2, 0.25) is 0 Å². The molecule has 128 valence electrons. The van der Waals surface area contributed by atoms with Gasteiger partial charge in [0.1, 0.15) is 0 Å². The van der Waals surface area contributed by atoms with Crippen LogP contribution in [0, 0.1) is 11.3 Å². The SMILES string of the molecule is CCOCC1=C(C)C2=C(CC(C(=O)OC)(C(=O)OC)C2)C(C)C1. The summed E-state index contributed by atoms with van der Waals surface area (Å²) in [4.78, 5) is 24.7. The van der Waals surface area contributed by atoms with E-state index >= 15 is 0 Å². The van der Waals surface area contributed by atoms with Crippen LogP contribution < -0.4 is 0 Å². The van der Waals surface area contributed by atoms with Crippen LogP contribution in [0.2, 0.25) is 0 Å². The second-order valence-electron chi connectivity index (χ2n) is 6.39. The van der Waals surface area contributed by atoms with Gasteiger partial charge in [-0.15, -0.1) is 0 Å². The lowest BCUT2D eigenvalue weighted by atomic mass is 9.81. The zero-order valence-electron chi connectivity index (χ0n) is 14.7. The van der Waals surface area contributed by atoms with Crippen molar-refractivity contribution in [1.29, 1.82) is 0 Å². The molecule has 5 nitrogen and oxygen atoms in total. The second-order valence-corrected chi connectivity index (χ2v) is 6.39. The summed E-state index contributed by atoms with van der Waals surface area (Å²) < 4.78 is 15.4. The summed E-state index contributed by atoms with van der Waals surface area (Å²) >= 11 is 0. The largest absolute Gasteiger partial charge is 0.468 e. The number of hydrogen-bond acceptors (Lipinski definition) is 5. The maximum atomic E-state index is 12.4. The van der Waals surface area contributed by atoms with Crippen LogP contribution in [0.3, 0.4) is 0 Å². The molecule has 1 atom stereocenters. The normalized spacial score (nSPS) is 22.9. The minimum absolute atomic E-state index is 0.292. The molecular formula is C18H26O5. The third-order valence-electron chi connectivity index (χ3n) is 5.12. The van der Waals surface area contributed by atoms with E-state index in [1.54, 1.807) is 0 Å². The summed E-state index contributed by atoms with van der Waals surface area (Å²) in [7, 11) is 2.63. The van der Waals surface area contributed by atoms with Crippen LogP contribution in [0.15, 0.2) is 22.3 Å². The number of methoxy groups -OCH3 is 2. The van der Waals surface area contributed by atoms with E-state index in [1.165, 1.54) is 25.4 Å². The summed E-state index contributed by atoms with van der Waals surface area (Å²) in [5, 5.41) is 0. The smallest absolute Gasteiger partial charge is 0.323 e. The van der Waals surface area contributed by atoms with E-state index in [9.17, 15) is 9.59 Å². The number of carbonyl (C=O) groups is 2. The van der Waals surface area contributed by atoms with Crippen molar-refractivity contribution in [3.63, 3.8) is 0 Å². The molecule has 0 fully saturated rings. The third kappa shape index (κ3) is 2.94. The molecule has 1 unspecified atom stereocenters. The summed E-state index contributed by atoms with van der Waals surface area (Å²) in [5.74, 6) is -0.726. The van der Waals surface area contributed by atoms with Gasteiger partial charge in [-0.05, 0) is 55.7 Å². The average Bonchev–Trinajstić information content (AvgIpc) is 2.98. The molecule has 0 N–H and O–H groups in total. The highest BCUT2D eigenvalue weighted by Crippen LogP contribution is 2.52. The molecule has 23 heavy (non-hydrogen) atoms. The second kappa shape index (κ2) is 6.87. The Bertz CT molecular complexity index is 554. The number of carbonyl (C=O) groups excluding carboxylic acids is 2. The van der Waals surface area contributed by atoms with Crippen molar-refractivity contribution in [2.75, 3.05) is 27.4 Å². The Balaban J connectivity index is 2.38. The molecule has 0 saturated heterocycles. The maximum absolute atomic E-state index is 12.4. The number of esters is 2. The first-order valence-corrected chi connectivity index (χ1v) is 8.06. The molecule has 0 amide bonds. The predicted molar refractivity (Wildman–Crippen MR) is 85.7 cm³/mol. The molecule has 0 aliphatic heterocycles. The Morgan fingerprint density at radius 3 is 2.30 bits per heavy atom. The van der Waals surface area contributed by atoms with E-state index < -0.39 is 17.4 Å². The zero-order chi connectivity index (χ0) is 17.2. The molecule has 0 bridgehead atoms. The number of hydrogen-bond donors (Lipinski definition) is 0. The Hall–Kier alpha value is -1.62. The van der Waals surface area contributed by atoms with Crippen molar-refractivity contribution in [2.24, 2.45) is 11.3 Å². The molecule has 2 rings (SSSR count). The van der Waals surface area contributed by atoms with E-state index in [-0.39, 0.29) is 0 Å². The first-order valence-electron chi connectivity index (χ1n) is 8.06. The summed E-state index contributed by atoms with van der Waals surface area (Å²) in [6.07, 6.45) is 1.65. The van der Waals surface area contributed by atoms with Crippen molar-refractivity contribution < 1.29 is 23.8 Å². The molecule has 0 aromatic heterocycles. The number of allylic oxidation sites excluding steroid dienone is 3. The van der Waals surface area contributed by atoms with Gasteiger partial charge in [0.05, 0.1) is 20.8 Å². The highest BCUT2D eigenvalue weighted by molar-refractivity contribution is 6.01. The van der Waals surface area contributed by atoms with Gasteiger partial charge in [0.15, 0.2) is 5.41 Å². The molecule has 0 aromatic carbocycles. The third-order valence-corrected chi connectivity index (χ3v) is 5.12. The van der Waals surface area contributed by atoms with Crippen LogP contribution in [0.4, 0.5) is 0 Å². The predicted octanol–water partition coefficient (Wildman–Crippen LogP) is 2.80. The minimum Gasteiger partial charge on any atom is -0.468 e. The van der Waals surface area contributed by atoms with Crippen LogP contribution in [0.1, 0.15) is 40.0 Å². The maximum Gasteiger partial charge on any atom is 0.323 e. The fraction of sp³-hybridized carbons (Fsp3) is 0.667. The fourth-order valence-corrected chi connectivity index (χ4v) is 3.77. The Kier molecular flexibility index (Phi) is 5.30. The van der Waals surface area contributed by atoms with Crippen molar-refractivity contribution in [2.45, 2.75) is 40.0 Å². The van der Waals surface area contributed by atoms with Gasteiger partial charge >= 0.3 is 11.9 Å². The molecular weight excluding hydrogens is 296 g/mol. The summed E-state index contributed by atoms with van der Waals surface area (Å²) in [5.41, 5.74) is 3.46. The summed E-state index contributed by atoms with van der Waals surface area (Å²) in [6, 6.07) is 0. The lowest BCUT2D eigenvalue weighted by Gasteiger charge is -2.26. The molecule has 2 aliphatic rings. The average molecular weight is 322 g/mol. The summed E-state index contributed by atoms with van der Waals surface area (Å²) in [6.45, 7) is 7.44. The lowest BCUT2D eigenvalue weighted by Crippen LogP contribution is -2.39. The molecule has 0 saturated carbocycles. The topological polar surface area (TPSA) is 61.8 Å². The molecule has 0 heterocycles. The molecule has 5 heteroatoms. The first kappa shape index (κ1) is 17.7. The quantitative estimate of drug-likeness (QED) is 0.575. The first-order chi connectivity index (χ1) is 10.9. The van der Waals surface area contributed by atoms with Gasteiger partial charge in [-0.1, -0.05) is 12.5 Å².